The third-order valence-corrected chi connectivity index (χ3v) is 6.28. The molecule has 0 aliphatic heterocycles. The maximum Gasteiger partial charge on any atom is 0.254 e. The van der Waals surface area contributed by atoms with Gasteiger partial charge in [0, 0.05) is 19.5 Å². The Morgan fingerprint density at radius 3 is 2.55 bits per heavy atom. The van der Waals surface area contributed by atoms with Crippen molar-refractivity contribution in [3.63, 3.8) is 0 Å². The predicted molar refractivity (Wildman–Crippen MR) is 132 cm³/mol. The second-order valence-corrected chi connectivity index (χ2v) is 8.71. The summed E-state index contributed by atoms with van der Waals surface area (Å²) in [4.78, 5) is 16.9. The number of nitrogens with one attached hydrogen (secondary N) is 1. The van der Waals surface area contributed by atoms with Crippen LogP contribution in [0.5, 0.6) is 0 Å². The van der Waals surface area contributed by atoms with Crippen molar-refractivity contribution in [3.8, 4) is 0 Å². The van der Waals surface area contributed by atoms with Gasteiger partial charge in [-0.05, 0) is 54.8 Å². The minimum absolute atomic E-state index is 0.0773. The highest BCUT2D eigenvalue weighted by Gasteiger charge is 2.12. The molecule has 0 radical (unpaired) electrons. The lowest BCUT2D eigenvalue weighted by Crippen LogP contribution is -2.25. The van der Waals surface area contributed by atoms with Gasteiger partial charge in [-0.1, -0.05) is 60.0 Å². The van der Waals surface area contributed by atoms with E-state index in [0.717, 1.165) is 48.1 Å². The highest BCUT2D eigenvalue weighted by Crippen LogP contribution is 2.25. The number of hydrogen-bond acceptors (Lipinski definition) is 2. The molecule has 0 spiro atoms. The van der Waals surface area contributed by atoms with Gasteiger partial charge in [-0.15, -0.1) is 0 Å². The Bertz CT molecular complexity index is 1270. The fourth-order valence-corrected chi connectivity index (χ4v) is 4.16. The molecule has 1 N–H and O–H groups in total. The lowest BCUT2D eigenvalue weighted by molar-refractivity contribution is 0.0949. The van der Waals surface area contributed by atoms with Gasteiger partial charge in [-0.25, -0.2) is 9.37 Å². The summed E-state index contributed by atoms with van der Waals surface area (Å²) < 4.78 is 15.9. The van der Waals surface area contributed by atoms with Crippen molar-refractivity contribution < 1.29 is 9.18 Å². The van der Waals surface area contributed by atoms with Crippen LogP contribution >= 0.6 is 23.2 Å². The van der Waals surface area contributed by atoms with Gasteiger partial charge >= 0.3 is 0 Å². The van der Waals surface area contributed by atoms with E-state index >= 15 is 0 Å². The number of benzene rings is 3. The molecule has 0 fully saturated rings. The molecule has 0 bridgehead atoms. The van der Waals surface area contributed by atoms with E-state index in [1.54, 1.807) is 12.1 Å². The van der Waals surface area contributed by atoms with Crippen LogP contribution in [0.1, 0.15) is 41.0 Å². The summed E-state index contributed by atoms with van der Waals surface area (Å²) in [5.41, 5.74) is 3.18. The lowest BCUT2D eigenvalue weighted by atomic mass is 10.1. The number of nitrogens with zero attached hydrogens (tertiary/aromatic N) is 2. The maximum absolute atomic E-state index is 13.7. The number of imidazole rings is 1. The number of amides is 1. The van der Waals surface area contributed by atoms with Crippen molar-refractivity contribution in [1.29, 1.82) is 0 Å². The predicted octanol–water partition coefficient (Wildman–Crippen LogP) is 6.67. The molecule has 3 aromatic carbocycles. The largest absolute Gasteiger partial charge is 0.352 e. The number of para-hydroxylation sites is 2. The van der Waals surface area contributed by atoms with Gasteiger partial charge in [0.2, 0.25) is 0 Å². The number of unbranched alkanes of at least 4 members (excludes halogenated alkanes) is 2. The summed E-state index contributed by atoms with van der Waals surface area (Å²) in [6.45, 7) is 1.16. The molecule has 1 amide bonds. The van der Waals surface area contributed by atoms with Gasteiger partial charge in [0.15, 0.2) is 0 Å². The molecule has 170 valence electrons. The topological polar surface area (TPSA) is 46.9 Å². The smallest absolute Gasteiger partial charge is 0.254 e. The molecule has 0 saturated carbocycles. The molecule has 7 heteroatoms. The van der Waals surface area contributed by atoms with E-state index in [1.807, 2.05) is 36.4 Å². The summed E-state index contributed by atoms with van der Waals surface area (Å²) in [5, 5.41) is 3.87. The zero-order chi connectivity index (χ0) is 23.2. The van der Waals surface area contributed by atoms with Crippen molar-refractivity contribution in [2.75, 3.05) is 6.54 Å². The van der Waals surface area contributed by atoms with Crippen molar-refractivity contribution >= 4 is 40.1 Å². The molecule has 1 aromatic heterocycles. The van der Waals surface area contributed by atoms with Crippen LogP contribution in [0.15, 0.2) is 66.7 Å². The molecule has 0 aliphatic rings. The Morgan fingerprint density at radius 1 is 0.939 bits per heavy atom. The Balaban J connectivity index is 1.34. The van der Waals surface area contributed by atoms with E-state index < -0.39 is 5.82 Å². The van der Waals surface area contributed by atoms with Crippen LogP contribution in [-0.2, 0) is 13.0 Å². The average Bonchev–Trinajstić information content (AvgIpc) is 3.16. The van der Waals surface area contributed by atoms with Gasteiger partial charge in [-0.3, -0.25) is 4.79 Å². The number of aromatic nitrogens is 2. The number of halogens is 3. The van der Waals surface area contributed by atoms with Crippen molar-refractivity contribution in [1.82, 2.24) is 14.9 Å². The number of hydrogen-bond donors (Lipinski definition) is 1. The highest BCUT2D eigenvalue weighted by atomic mass is 35.5. The Hall–Kier alpha value is -2.89. The van der Waals surface area contributed by atoms with E-state index in [9.17, 15) is 9.18 Å². The molecule has 0 unspecified atom stereocenters. The number of fused-ring (bicyclic) bond motifs is 1. The number of rotatable bonds is 9. The Kier molecular flexibility index (Phi) is 7.63. The van der Waals surface area contributed by atoms with E-state index in [-0.39, 0.29) is 11.5 Å². The van der Waals surface area contributed by atoms with Crippen LogP contribution in [0.4, 0.5) is 4.39 Å². The quantitative estimate of drug-likeness (QED) is 0.270. The standard InChI is InChI=1S/C26H24Cl2FN3O/c27-20-14-13-18(16-21(20)28)17-32-24-11-6-5-10-23(24)31-25(32)12-2-1-7-15-30-26(33)19-8-3-4-9-22(19)29/h3-6,8-11,13-14,16H,1-2,7,12,15,17H2,(H,30,33). The number of aryl methyl sites for hydroxylation is 1. The molecule has 33 heavy (non-hydrogen) atoms. The van der Waals surface area contributed by atoms with Crippen LogP contribution in [0.25, 0.3) is 11.0 Å². The zero-order valence-electron chi connectivity index (χ0n) is 18.0. The van der Waals surface area contributed by atoms with Gasteiger partial charge in [0.05, 0.1) is 26.6 Å². The first kappa shape index (κ1) is 23.3. The van der Waals surface area contributed by atoms with E-state index in [1.165, 1.54) is 12.1 Å². The lowest BCUT2D eigenvalue weighted by Gasteiger charge is -2.11. The van der Waals surface area contributed by atoms with E-state index in [0.29, 0.717) is 23.1 Å². The zero-order valence-corrected chi connectivity index (χ0v) is 19.5. The van der Waals surface area contributed by atoms with E-state index in [4.69, 9.17) is 28.2 Å². The first-order chi connectivity index (χ1) is 16.0. The second-order valence-electron chi connectivity index (χ2n) is 7.90. The minimum atomic E-state index is -0.504. The average molecular weight is 484 g/mol. The summed E-state index contributed by atoms with van der Waals surface area (Å²) in [7, 11) is 0. The van der Waals surface area contributed by atoms with Crippen LogP contribution in [-0.4, -0.2) is 22.0 Å². The van der Waals surface area contributed by atoms with Gasteiger partial charge in [-0.2, -0.15) is 0 Å². The van der Waals surface area contributed by atoms with Crippen LogP contribution < -0.4 is 5.32 Å². The monoisotopic (exact) mass is 483 g/mol. The third-order valence-electron chi connectivity index (χ3n) is 5.54. The van der Waals surface area contributed by atoms with E-state index in [2.05, 4.69) is 16.0 Å². The summed E-state index contributed by atoms with van der Waals surface area (Å²) in [5.74, 6) is 0.130. The summed E-state index contributed by atoms with van der Waals surface area (Å²) in [6.07, 6.45) is 3.48. The van der Waals surface area contributed by atoms with Crippen LogP contribution in [0, 0.1) is 5.82 Å². The maximum atomic E-state index is 13.7. The van der Waals surface area contributed by atoms with Crippen LogP contribution in [0.2, 0.25) is 10.0 Å². The second kappa shape index (κ2) is 10.8. The van der Waals surface area contributed by atoms with Gasteiger partial charge < -0.3 is 9.88 Å². The van der Waals surface area contributed by atoms with Crippen molar-refractivity contribution in [2.24, 2.45) is 0 Å². The van der Waals surface area contributed by atoms with Crippen molar-refractivity contribution in [2.45, 2.75) is 32.2 Å². The Labute approximate surface area is 202 Å². The SMILES string of the molecule is O=C(NCCCCCc1nc2ccccc2n1Cc1ccc(Cl)c(Cl)c1)c1ccccc1F. The molecule has 4 aromatic rings. The fourth-order valence-electron chi connectivity index (χ4n) is 3.84. The molecular formula is C26H24Cl2FN3O. The number of carbonyl (C=O) groups excluding carboxylic acids is 1. The molecule has 4 rings (SSSR count). The third kappa shape index (κ3) is 5.73. The van der Waals surface area contributed by atoms with Gasteiger partial charge in [0.25, 0.3) is 5.91 Å². The first-order valence-corrected chi connectivity index (χ1v) is 11.7. The molecule has 0 atom stereocenters. The summed E-state index contributed by atoms with van der Waals surface area (Å²) in [6, 6.07) is 19.8. The molecular weight excluding hydrogens is 460 g/mol. The normalized spacial score (nSPS) is 11.1. The van der Waals surface area contributed by atoms with Crippen molar-refractivity contribution in [3.05, 3.63) is 99.5 Å². The highest BCUT2D eigenvalue weighted by molar-refractivity contribution is 6.42. The molecule has 0 saturated heterocycles. The molecule has 0 aliphatic carbocycles. The molecule has 1 heterocycles. The molecule has 4 nitrogen and oxygen atoms in total. The minimum Gasteiger partial charge on any atom is -0.352 e. The Morgan fingerprint density at radius 2 is 1.73 bits per heavy atom. The first-order valence-electron chi connectivity index (χ1n) is 10.9. The van der Waals surface area contributed by atoms with Crippen LogP contribution in [0.3, 0.4) is 0 Å². The van der Waals surface area contributed by atoms with Gasteiger partial charge in [0.1, 0.15) is 11.6 Å². The number of carbonyl (C=O) groups is 1. The summed E-state index contributed by atoms with van der Waals surface area (Å²) >= 11 is 12.3. The fraction of sp³-hybridized carbons (Fsp3) is 0.231.